The van der Waals surface area contributed by atoms with Gasteiger partial charge in [-0.25, -0.2) is 0 Å². The Morgan fingerprint density at radius 2 is 2.12 bits per heavy atom. The molecule has 4 nitrogen and oxygen atoms in total. The lowest BCUT2D eigenvalue weighted by Gasteiger charge is -2.39. The number of benzene rings is 1. The number of hydrogen-bond acceptors (Lipinski definition) is 2. The van der Waals surface area contributed by atoms with Gasteiger partial charge in [0.15, 0.2) is 0 Å². The van der Waals surface area contributed by atoms with E-state index in [9.17, 15) is 4.79 Å². The number of likely N-dealkylation sites (N-methyl/N-ethyl adjacent to an activating group) is 1. The van der Waals surface area contributed by atoms with Gasteiger partial charge in [-0.1, -0.05) is 18.5 Å². The summed E-state index contributed by atoms with van der Waals surface area (Å²) in [5.41, 5.74) is 4.02. The van der Waals surface area contributed by atoms with Crippen molar-refractivity contribution in [1.82, 2.24) is 14.4 Å². The van der Waals surface area contributed by atoms with Crippen LogP contribution in [-0.4, -0.2) is 40.4 Å². The van der Waals surface area contributed by atoms with E-state index in [0.29, 0.717) is 6.42 Å². The Kier molecular flexibility index (Phi) is 4.50. The van der Waals surface area contributed by atoms with Gasteiger partial charge >= 0.3 is 0 Å². The number of likely N-dealkylation sites (tertiary alicyclic amines) is 1. The van der Waals surface area contributed by atoms with Crippen LogP contribution in [0.1, 0.15) is 50.0 Å². The highest BCUT2D eigenvalue weighted by Gasteiger charge is 2.32. The van der Waals surface area contributed by atoms with Crippen LogP contribution in [0.3, 0.4) is 0 Å². The molecule has 1 saturated heterocycles. The summed E-state index contributed by atoms with van der Waals surface area (Å²) in [6.07, 6.45) is 5.08. The minimum Gasteiger partial charge on any atom is -0.322 e. The second-order valence-electron chi connectivity index (χ2n) is 7.36. The van der Waals surface area contributed by atoms with Crippen molar-refractivity contribution in [1.29, 1.82) is 0 Å². The van der Waals surface area contributed by atoms with Gasteiger partial charge in [0.25, 0.3) is 0 Å². The van der Waals surface area contributed by atoms with Crippen molar-refractivity contribution < 1.29 is 4.79 Å². The number of piperidine rings is 1. The minimum absolute atomic E-state index is 0.139. The SMILES string of the molecule is CCC(=O)N1CCCCC1n1c2c(c3cc(Cl)ccc31)CCN(C)C2. The molecule has 2 aliphatic rings. The maximum atomic E-state index is 12.6. The van der Waals surface area contributed by atoms with Crippen molar-refractivity contribution in [2.24, 2.45) is 0 Å². The predicted octanol–water partition coefficient (Wildman–Crippen LogP) is 4.20. The molecule has 1 amide bonds. The molecule has 1 atom stereocenters. The average molecular weight is 360 g/mol. The van der Waals surface area contributed by atoms with E-state index < -0.39 is 0 Å². The summed E-state index contributed by atoms with van der Waals surface area (Å²) in [5, 5.41) is 2.06. The number of nitrogens with zero attached hydrogens (tertiary/aromatic N) is 3. The van der Waals surface area contributed by atoms with Crippen LogP contribution in [0, 0.1) is 0 Å². The predicted molar refractivity (Wildman–Crippen MR) is 102 cm³/mol. The van der Waals surface area contributed by atoms with E-state index >= 15 is 0 Å². The number of amides is 1. The number of carbonyl (C=O) groups is 1. The number of rotatable bonds is 2. The van der Waals surface area contributed by atoms with Crippen molar-refractivity contribution >= 4 is 28.4 Å². The molecule has 0 aliphatic carbocycles. The van der Waals surface area contributed by atoms with Gasteiger partial charge in [-0.2, -0.15) is 0 Å². The zero-order chi connectivity index (χ0) is 17.6. The summed E-state index contributed by atoms with van der Waals surface area (Å²) < 4.78 is 2.45. The Balaban J connectivity index is 1.91. The normalized spacial score (nSPS) is 21.6. The first-order chi connectivity index (χ1) is 12.1. The highest BCUT2D eigenvalue weighted by molar-refractivity contribution is 6.31. The van der Waals surface area contributed by atoms with E-state index in [0.717, 1.165) is 43.9 Å². The zero-order valence-electron chi connectivity index (χ0n) is 15.1. The van der Waals surface area contributed by atoms with Crippen molar-refractivity contribution in [2.75, 3.05) is 20.1 Å². The standard InChI is InChI=1S/C20H26ClN3O/c1-3-20(25)23-10-5-4-6-19(23)24-17-8-7-14(21)12-16(17)15-9-11-22(2)13-18(15)24/h7-8,12,19H,3-6,9-11,13H2,1-2H3. The fourth-order valence-corrected chi connectivity index (χ4v) is 4.68. The molecule has 5 heteroatoms. The van der Waals surface area contributed by atoms with E-state index in [1.807, 2.05) is 13.0 Å². The number of halogens is 1. The molecule has 0 N–H and O–H groups in total. The van der Waals surface area contributed by atoms with E-state index in [1.54, 1.807) is 0 Å². The molecular formula is C20H26ClN3O. The van der Waals surface area contributed by atoms with Crippen LogP contribution < -0.4 is 0 Å². The molecule has 0 bridgehead atoms. The van der Waals surface area contributed by atoms with Gasteiger partial charge in [-0.15, -0.1) is 0 Å². The van der Waals surface area contributed by atoms with Gasteiger partial charge in [-0.3, -0.25) is 4.79 Å². The van der Waals surface area contributed by atoms with E-state index in [2.05, 4.69) is 33.5 Å². The highest BCUT2D eigenvalue weighted by atomic mass is 35.5. The molecule has 0 spiro atoms. The van der Waals surface area contributed by atoms with E-state index in [-0.39, 0.29) is 12.1 Å². The van der Waals surface area contributed by atoms with Gasteiger partial charge < -0.3 is 14.4 Å². The molecule has 0 radical (unpaired) electrons. The van der Waals surface area contributed by atoms with Gasteiger partial charge in [-0.05, 0) is 56.5 Å². The van der Waals surface area contributed by atoms with Crippen LogP contribution in [0.4, 0.5) is 0 Å². The molecular weight excluding hydrogens is 334 g/mol. The number of fused-ring (bicyclic) bond motifs is 3. The summed E-state index contributed by atoms with van der Waals surface area (Å²) in [4.78, 5) is 17.0. The second-order valence-corrected chi connectivity index (χ2v) is 7.80. The summed E-state index contributed by atoms with van der Waals surface area (Å²) in [7, 11) is 2.17. The Morgan fingerprint density at radius 3 is 2.92 bits per heavy atom. The lowest BCUT2D eigenvalue weighted by Crippen LogP contribution is -2.42. The summed E-state index contributed by atoms with van der Waals surface area (Å²) in [6, 6.07) is 6.22. The smallest absolute Gasteiger partial charge is 0.223 e. The van der Waals surface area contributed by atoms with E-state index in [1.165, 1.54) is 28.6 Å². The molecule has 2 aliphatic heterocycles. The summed E-state index contributed by atoms with van der Waals surface area (Å²) in [6.45, 7) is 4.84. The van der Waals surface area contributed by atoms with Crippen LogP contribution in [0.2, 0.25) is 5.02 Å². The van der Waals surface area contributed by atoms with Crippen molar-refractivity contribution in [3.05, 3.63) is 34.5 Å². The third-order valence-corrected chi connectivity index (χ3v) is 5.97. The first-order valence-corrected chi connectivity index (χ1v) is 9.77. The van der Waals surface area contributed by atoms with Crippen LogP contribution >= 0.6 is 11.6 Å². The first kappa shape index (κ1) is 16.9. The Bertz CT molecular complexity index is 813. The first-order valence-electron chi connectivity index (χ1n) is 9.39. The Hall–Kier alpha value is -1.52. The molecule has 1 aromatic carbocycles. The minimum atomic E-state index is 0.139. The molecule has 4 rings (SSSR count). The maximum Gasteiger partial charge on any atom is 0.223 e. The molecule has 0 saturated carbocycles. The molecule has 1 fully saturated rings. The third-order valence-electron chi connectivity index (χ3n) is 5.74. The molecule has 2 aromatic rings. The fourth-order valence-electron chi connectivity index (χ4n) is 4.51. The Morgan fingerprint density at radius 1 is 1.28 bits per heavy atom. The monoisotopic (exact) mass is 359 g/mol. The number of carbonyl (C=O) groups excluding carboxylic acids is 1. The van der Waals surface area contributed by atoms with Gasteiger partial charge in [0.1, 0.15) is 6.17 Å². The van der Waals surface area contributed by atoms with Crippen molar-refractivity contribution in [3.8, 4) is 0 Å². The zero-order valence-corrected chi connectivity index (χ0v) is 15.9. The third kappa shape index (κ3) is 2.85. The van der Waals surface area contributed by atoms with Crippen molar-refractivity contribution in [2.45, 2.75) is 51.7 Å². The van der Waals surface area contributed by atoms with Crippen molar-refractivity contribution in [3.63, 3.8) is 0 Å². The van der Waals surface area contributed by atoms with Gasteiger partial charge in [0, 0.05) is 42.2 Å². The van der Waals surface area contributed by atoms with Crippen LogP contribution in [0.15, 0.2) is 18.2 Å². The molecule has 3 heterocycles. The van der Waals surface area contributed by atoms with Crippen LogP contribution in [0.5, 0.6) is 0 Å². The molecule has 134 valence electrons. The quantitative estimate of drug-likeness (QED) is 0.803. The molecule has 1 unspecified atom stereocenters. The number of hydrogen-bond donors (Lipinski definition) is 0. The second kappa shape index (κ2) is 6.65. The fraction of sp³-hybridized carbons (Fsp3) is 0.550. The van der Waals surface area contributed by atoms with Gasteiger partial charge in [0.05, 0.1) is 5.52 Å². The van der Waals surface area contributed by atoms with Crippen LogP contribution in [0.25, 0.3) is 10.9 Å². The lowest BCUT2D eigenvalue weighted by atomic mass is 10.0. The largest absolute Gasteiger partial charge is 0.322 e. The maximum absolute atomic E-state index is 12.6. The number of aromatic nitrogens is 1. The lowest BCUT2D eigenvalue weighted by molar-refractivity contribution is -0.136. The molecule has 1 aromatic heterocycles. The van der Waals surface area contributed by atoms with E-state index in [4.69, 9.17) is 11.6 Å². The average Bonchev–Trinajstić information content (AvgIpc) is 2.93. The van der Waals surface area contributed by atoms with Gasteiger partial charge in [0.2, 0.25) is 5.91 Å². The molecule has 25 heavy (non-hydrogen) atoms. The topological polar surface area (TPSA) is 28.5 Å². The highest BCUT2D eigenvalue weighted by Crippen LogP contribution is 2.38. The van der Waals surface area contributed by atoms with Crippen LogP contribution in [-0.2, 0) is 17.8 Å². The summed E-state index contributed by atoms with van der Waals surface area (Å²) in [5.74, 6) is 0.262. The Labute approximate surface area is 154 Å². The summed E-state index contributed by atoms with van der Waals surface area (Å²) >= 11 is 6.30.